The molecule has 1 unspecified atom stereocenters. The molecule has 1 aromatic carbocycles. The highest BCUT2D eigenvalue weighted by molar-refractivity contribution is 7.89. The minimum atomic E-state index is -3.64. The van der Waals surface area contributed by atoms with Crippen LogP contribution in [0.1, 0.15) is 32.1 Å². The van der Waals surface area contributed by atoms with Crippen molar-refractivity contribution in [3.8, 4) is 11.5 Å². The van der Waals surface area contributed by atoms with Crippen molar-refractivity contribution in [3.05, 3.63) is 18.2 Å². The van der Waals surface area contributed by atoms with Crippen molar-refractivity contribution in [1.82, 2.24) is 4.31 Å². The zero-order chi connectivity index (χ0) is 16.1. The normalized spacial score (nSPS) is 26.7. The molecule has 7 heteroatoms. The average molecular weight is 339 g/mol. The van der Waals surface area contributed by atoms with Crippen LogP contribution in [0, 0.1) is 0 Å². The third kappa shape index (κ3) is 2.60. The monoisotopic (exact) mass is 339 g/mol. The Bertz CT molecular complexity index is 713. The fourth-order valence-electron chi connectivity index (χ4n) is 3.47. The SMILES string of the molecule is O=S(=O)(c1ccc2c(c1)OCCCO2)N1CCCC1C1(O)CC1. The second kappa shape index (κ2) is 5.36. The predicted molar refractivity (Wildman–Crippen MR) is 83.1 cm³/mol. The highest BCUT2D eigenvalue weighted by Gasteiger charge is 2.54. The first-order chi connectivity index (χ1) is 11.0. The molecular formula is C16H21NO5S. The molecule has 0 spiro atoms. The highest BCUT2D eigenvalue weighted by Crippen LogP contribution is 2.46. The second-order valence-electron chi connectivity index (χ2n) is 6.54. The van der Waals surface area contributed by atoms with Gasteiger partial charge in [0.05, 0.1) is 29.8 Å². The average Bonchev–Trinajstić information content (AvgIpc) is 3.14. The van der Waals surface area contributed by atoms with Crippen LogP contribution in [-0.4, -0.2) is 49.2 Å². The van der Waals surface area contributed by atoms with Crippen molar-refractivity contribution in [1.29, 1.82) is 0 Å². The molecule has 1 aliphatic carbocycles. The molecule has 0 radical (unpaired) electrons. The lowest BCUT2D eigenvalue weighted by Crippen LogP contribution is -2.44. The van der Waals surface area contributed by atoms with E-state index >= 15 is 0 Å². The Hall–Kier alpha value is -1.31. The standard InChI is InChI=1S/C16H21NO5S/c18-16(6-7-16)15-3-1-8-17(15)23(19,20)12-4-5-13-14(11-12)22-10-2-9-21-13/h4-5,11,15,18H,1-3,6-10H2. The van der Waals surface area contributed by atoms with Gasteiger partial charge < -0.3 is 14.6 Å². The number of ether oxygens (including phenoxy) is 2. The van der Waals surface area contributed by atoms with E-state index in [9.17, 15) is 13.5 Å². The Morgan fingerprint density at radius 2 is 1.87 bits per heavy atom. The van der Waals surface area contributed by atoms with Crippen LogP contribution in [0.25, 0.3) is 0 Å². The summed E-state index contributed by atoms with van der Waals surface area (Å²) < 4.78 is 38.6. The van der Waals surface area contributed by atoms with Gasteiger partial charge in [-0.05, 0) is 37.8 Å². The number of sulfonamides is 1. The smallest absolute Gasteiger partial charge is 0.243 e. The van der Waals surface area contributed by atoms with Gasteiger partial charge in [0.25, 0.3) is 0 Å². The maximum atomic E-state index is 13.0. The van der Waals surface area contributed by atoms with Gasteiger partial charge in [-0.3, -0.25) is 0 Å². The number of fused-ring (bicyclic) bond motifs is 1. The molecule has 4 rings (SSSR count). The van der Waals surface area contributed by atoms with E-state index in [0.29, 0.717) is 44.1 Å². The van der Waals surface area contributed by atoms with Crippen LogP contribution >= 0.6 is 0 Å². The van der Waals surface area contributed by atoms with Crippen molar-refractivity contribution in [2.45, 2.75) is 48.6 Å². The lowest BCUT2D eigenvalue weighted by Gasteiger charge is -2.28. The van der Waals surface area contributed by atoms with E-state index in [4.69, 9.17) is 9.47 Å². The first-order valence-electron chi connectivity index (χ1n) is 8.15. The van der Waals surface area contributed by atoms with Crippen LogP contribution in [0.4, 0.5) is 0 Å². The molecule has 1 saturated carbocycles. The molecule has 1 N–H and O–H groups in total. The summed E-state index contributed by atoms with van der Waals surface area (Å²) in [7, 11) is -3.64. The second-order valence-corrected chi connectivity index (χ2v) is 8.43. The lowest BCUT2D eigenvalue weighted by molar-refractivity contribution is 0.0826. The van der Waals surface area contributed by atoms with Gasteiger partial charge in [-0.2, -0.15) is 4.31 Å². The fraction of sp³-hybridized carbons (Fsp3) is 0.625. The zero-order valence-electron chi connectivity index (χ0n) is 12.9. The Kier molecular flexibility index (Phi) is 3.55. The molecule has 0 bridgehead atoms. The molecule has 1 aromatic rings. The minimum absolute atomic E-state index is 0.206. The number of hydrogen-bond donors (Lipinski definition) is 1. The van der Waals surface area contributed by atoms with Gasteiger partial charge >= 0.3 is 0 Å². The van der Waals surface area contributed by atoms with Crippen molar-refractivity contribution in [2.75, 3.05) is 19.8 Å². The summed E-state index contributed by atoms with van der Waals surface area (Å²) in [5, 5.41) is 10.4. The number of aliphatic hydroxyl groups is 1. The van der Waals surface area contributed by atoms with Crippen LogP contribution < -0.4 is 9.47 Å². The molecule has 1 saturated heterocycles. The van der Waals surface area contributed by atoms with Crippen LogP contribution in [-0.2, 0) is 10.0 Å². The van der Waals surface area contributed by atoms with Crippen molar-refractivity contribution < 1.29 is 23.0 Å². The summed E-state index contributed by atoms with van der Waals surface area (Å²) >= 11 is 0. The predicted octanol–water partition coefficient (Wildman–Crippen LogP) is 1.53. The summed E-state index contributed by atoms with van der Waals surface area (Å²) in [6, 6.07) is 4.46. The Morgan fingerprint density at radius 1 is 1.13 bits per heavy atom. The molecule has 23 heavy (non-hydrogen) atoms. The molecule has 3 aliphatic rings. The molecule has 0 aromatic heterocycles. The maximum absolute atomic E-state index is 13.0. The Morgan fingerprint density at radius 3 is 2.61 bits per heavy atom. The minimum Gasteiger partial charge on any atom is -0.490 e. The largest absolute Gasteiger partial charge is 0.490 e. The van der Waals surface area contributed by atoms with Crippen molar-refractivity contribution in [3.63, 3.8) is 0 Å². The first kappa shape index (κ1) is 15.2. The van der Waals surface area contributed by atoms with Gasteiger partial charge in [0, 0.05) is 19.0 Å². The number of rotatable bonds is 3. The van der Waals surface area contributed by atoms with Crippen LogP contribution in [0.2, 0.25) is 0 Å². The molecule has 126 valence electrons. The number of hydrogen-bond acceptors (Lipinski definition) is 5. The van der Waals surface area contributed by atoms with E-state index in [2.05, 4.69) is 0 Å². The van der Waals surface area contributed by atoms with E-state index in [1.807, 2.05) is 0 Å². The molecule has 0 amide bonds. The van der Waals surface area contributed by atoms with Gasteiger partial charge in [0.1, 0.15) is 0 Å². The number of nitrogens with zero attached hydrogens (tertiary/aromatic N) is 1. The first-order valence-corrected chi connectivity index (χ1v) is 9.59. The highest BCUT2D eigenvalue weighted by atomic mass is 32.2. The molecule has 6 nitrogen and oxygen atoms in total. The van der Waals surface area contributed by atoms with E-state index in [-0.39, 0.29) is 10.9 Å². The van der Waals surface area contributed by atoms with Crippen LogP contribution in [0.3, 0.4) is 0 Å². The van der Waals surface area contributed by atoms with Crippen LogP contribution in [0.5, 0.6) is 11.5 Å². The summed E-state index contributed by atoms with van der Waals surface area (Å²) in [5.41, 5.74) is -0.825. The van der Waals surface area contributed by atoms with Gasteiger partial charge in [0.15, 0.2) is 11.5 Å². The third-order valence-corrected chi connectivity index (χ3v) is 6.82. The van der Waals surface area contributed by atoms with Gasteiger partial charge in [-0.25, -0.2) is 8.42 Å². The van der Waals surface area contributed by atoms with Crippen LogP contribution in [0.15, 0.2) is 23.1 Å². The van der Waals surface area contributed by atoms with Gasteiger partial charge in [-0.15, -0.1) is 0 Å². The molecular weight excluding hydrogens is 318 g/mol. The number of benzene rings is 1. The Balaban J connectivity index is 1.67. The summed E-state index contributed by atoms with van der Waals surface area (Å²) in [4.78, 5) is 0.206. The summed E-state index contributed by atoms with van der Waals surface area (Å²) in [6.45, 7) is 1.55. The third-order valence-electron chi connectivity index (χ3n) is 4.91. The topological polar surface area (TPSA) is 76.1 Å². The quantitative estimate of drug-likeness (QED) is 0.904. The molecule has 2 heterocycles. The summed E-state index contributed by atoms with van der Waals surface area (Å²) in [5.74, 6) is 1.06. The van der Waals surface area contributed by atoms with E-state index < -0.39 is 15.6 Å². The fourth-order valence-corrected chi connectivity index (χ4v) is 5.24. The zero-order valence-corrected chi connectivity index (χ0v) is 13.7. The summed E-state index contributed by atoms with van der Waals surface area (Å²) in [6.07, 6.45) is 3.66. The van der Waals surface area contributed by atoms with Gasteiger partial charge in [0.2, 0.25) is 10.0 Å². The maximum Gasteiger partial charge on any atom is 0.243 e. The molecule has 1 atom stereocenters. The molecule has 2 aliphatic heterocycles. The van der Waals surface area contributed by atoms with Crippen molar-refractivity contribution >= 4 is 10.0 Å². The van der Waals surface area contributed by atoms with E-state index in [1.54, 1.807) is 18.2 Å². The van der Waals surface area contributed by atoms with Gasteiger partial charge in [-0.1, -0.05) is 0 Å². The lowest BCUT2D eigenvalue weighted by atomic mass is 10.1. The van der Waals surface area contributed by atoms with E-state index in [0.717, 1.165) is 19.3 Å². The van der Waals surface area contributed by atoms with E-state index in [1.165, 1.54) is 4.31 Å². The Labute approximate surface area is 136 Å². The molecule has 2 fully saturated rings. The van der Waals surface area contributed by atoms with Crippen molar-refractivity contribution in [2.24, 2.45) is 0 Å².